The number of β-lactam (4-membered cyclic amide) rings is 1. The Morgan fingerprint density at radius 2 is 1.82 bits per heavy atom. The Morgan fingerprint density at radius 3 is 2.38 bits per heavy atom. The number of carbonyl (C=O) groups excluding carboxylic acids is 4. The predicted octanol–water partition coefficient (Wildman–Crippen LogP) is 2.47. The number of allylic oxidation sites excluding steroid dienone is 1. The van der Waals surface area contributed by atoms with Crippen molar-refractivity contribution in [2.45, 2.75) is 18.0 Å². The van der Waals surface area contributed by atoms with E-state index in [0.29, 0.717) is 34.4 Å². The number of ether oxygens (including phenoxy) is 3. The van der Waals surface area contributed by atoms with Crippen LogP contribution < -0.4 is 14.8 Å². The second-order valence-corrected chi connectivity index (χ2v) is 9.28. The summed E-state index contributed by atoms with van der Waals surface area (Å²) in [5.74, 6) is -2.06. The molecule has 0 radical (unpaired) electrons. The normalized spacial score (nSPS) is 16.9. The predicted molar refractivity (Wildman–Crippen MR) is 142 cm³/mol. The second-order valence-electron chi connectivity index (χ2n) is 7.77. The Bertz CT molecular complexity index is 1270. The molecule has 0 aromatic heterocycles. The molecule has 1 heterocycles. The zero-order chi connectivity index (χ0) is 28.5. The van der Waals surface area contributed by atoms with E-state index in [0.717, 1.165) is 4.90 Å². The molecular weight excluding hydrogens is 602 g/mol. The maximum absolute atomic E-state index is 13.0. The number of carbonyl (C=O) groups is 4. The molecule has 0 saturated carbocycles. The summed E-state index contributed by atoms with van der Waals surface area (Å²) in [7, 11) is 1.51. The largest absolute Gasteiger partial charge is 0.509 e. The van der Waals surface area contributed by atoms with E-state index in [1.54, 1.807) is 24.3 Å². The van der Waals surface area contributed by atoms with Gasteiger partial charge in [-0.15, -0.1) is 0 Å². The number of thioether (sulfide) groups is 1. The third-order valence-corrected chi connectivity index (χ3v) is 6.74. The monoisotopic (exact) mass is 623 g/mol. The highest BCUT2D eigenvalue weighted by Gasteiger charge is 2.53. The van der Waals surface area contributed by atoms with Crippen molar-refractivity contribution < 1.29 is 43.4 Å². The lowest BCUT2D eigenvalue weighted by molar-refractivity contribution is -0.384. The Morgan fingerprint density at radius 1 is 1.18 bits per heavy atom. The van der Waals surface area contributed by atoms with Gasteiger partial charge >= 0.3 is 5.97 Å². The summed E-state index contributed by atoms with van der Waals surface area (Å²) in [5, 5.41) is 22.4. The molecule has 1 fully saturated rings. The molecule has 2 N–H and O–H groups in total. The first-order chi connectivity index (χ1) is 18.7. The van der Waals surface area contributed by atoms with Gasteiger partial charge in [-0.2, -0.15) is 0 Å². The first kappa shape index (κ1) is 29.4. The van der Waals surface area contributed by atoms with Crippen LogP contribution in [0.25, 0.3) is 0 Å². The fourth-order valence-corrected chi connectivity index (χ4v) is 4.47. The van der Waals surface area contributed by atoms with Crippen molar-refractivity contribution in [3.05, 3.63) is 75.7 Å². The third kappa shape index (κ3) is 7.26. The molecule has 0 bridgehead atoms. The average molecular weight is 624 g/mol. The second kappa shape index (κ2) is 13.6. The Hall–Kier alpha value is -4.11. The van der Waals surface area contributed by atoms with E-state index in [-0.39, 0.29) is 17.6 Å². The van der Waals surface area contributed by atoms with Crippen molar-refractivity contribution in [1.29, 1.82) is 0 Å². The van der Waals surface area contributed by atoms with Crippen LogP contribution in [0, 0.1) is 10.1 Å². The topological polar surface area (TPSA) is 175 Å². The lowest BCUT2D eigenvalue weighted by Gasteiger charge is -2.45. The minimum absolute atomic E-state index is 0.148. The number of aliphatic hydroxyl groups excluding tert-OH is 1. The molecule has 2 aromatic carbocycles. The van der Waals surface area contributed by atoms with E-state index in [2.05, 4.69) is 21.2 Å². The molecule has 3 rings (SSSR count). The van der Waals surface area contributed by atoms with Crippen molar-refractivity contribution in [3.8, 4) is 11.5 Å². The molecule has 2 atom stereocenters. The number of hydrogen-bond donors (Lipinski definition) is 2. The molecule has 1 aliphatic rings. The van der Waals surface area contributed by atoms with Gasteiger partial charge in [-0.3, -0.25) is 29.4 Å². The van der Waals surface area contributed by atoms with Gasteiger partial charge in [0.05, 0.1) is 17.4 Å². The van der Waals surface area contributed by atoms with Crippen molar-refractivity contribution in [3.63, 3.8) is 0 Å². The number of nitrogens with zero attached hydrogens (tertiary/aromatic N) is 2. The summed E-state index contributed by atoms with van der Waals surface area (Å²) in [6, 6.07) is 10.5. The van der Waals surface area contributed by atoms with Crippen molar-refractivity contribution in [2.75, 3.05) is 19.0 Å². The number of nitro benzene ring substituents is 1. The van der Waals surface area contributed by atoms with Crippen molar-refractivity contribution >= 4 is 56.8 Å². The number of nitro groups is 1. The van der Waals surface area contributed by atoms with Gasteiger partial charge < -0.3 is 24.6 Å². The molecule has 206 valence electrons. The SMILES string of the molecule is COc1ccc(OCC(=O)NC2C(=O)N(C(C(=O)OCc3ccc([N+](=O)[O-])cc3)=C(O)CBr)C2SC=O)cc1. The van der Waals surface area contributed by atoms with E-state index < -0.39 is 52.2 Å². The summed E-state index contributed by atoms with van der Waals surface area (Å²) in [6.45, 7) is -0.743. The van der Waals surface area contributed by atoms with Crippen LogP contribution in [-0.2, 0) is 30.5 Å². The van der Waals surface area contributed by atoms with Gasteiger partial charge in [-0.1, -0.05) is 27.7 Å². The van der Waals surface area contributed by atoms with Gasteiger partial charge in [0.15, 0.2) is 17.9 Å². The molecule has 39 heavy (non-hydrogen) atoms. The van der Waals surface area contributed by atoms with Crippen LogP contribution in [0.3, 0.4) is 0 Å². The number of likely N-dealkylation sites (tertiary alicyclic amines) is 1. The van der Waals surface area contributed by atoms with E-state index in [1.807, 2.05) is 0 Å². The highest BCUT2D eigenvalue weighted by atomic mass is 79.9. The molecule has 15 heteroatoms. The summed E-state index contributed by atoms with van der Waals surface area (Å²) < 4.78 is 15.7. The molecule has 2 aromatic rings. The average Bonchev–Trinajstić information content (AvgIpc) is 2.95. The highest BCUT2D eigenvalue weighted by molar-refractivity contribution is 9.09. The number of nitrogens with one attached hydrogen (secondary N) is 1. The zero-order valence-corrected chi connectivity index (χ0v) is 22.7. The standard InChI is InChI=1S/C24H22BrN3O10S/c1-36-16-6-8-17(9-7-16)37-12-19(31)26-20-22(32)27(23(20)39-13-29)21(18(30)10-25)24(33)38-11-14-2-4-15(5-3-14)28(34)35/h2-9,13,20,23,30H,10-12H2,1H3,(H,26,31). The van der Waals surface area contributed by atoms with Crippen LogP contribution in [0.1, 0.15) is 5.56 Å². The lowest BCUT2D eigenvalue weighted by Crippen LogP contribution is -2.70. The molecule has 13 nitrogen and oxygen atoms in total. The number of amides is 2. The molecule has 1 saturated heterocycles. The van der Waals surface area contributed by atoms with E-state index in [4.69, 9.17) is 14.2 Å². The van der Waals surface area contributed by atoms with Crippen LogP contribution in [0.2, 0.25) is 0 Å². The van der Waals surface area contributed by atoms with E-state index in [1.165, 1.54) is 31.4 Å². The summed E-state index contributed by atoms with van der Waals surface area (Å²) in [4.78, 5) is 60.7. The first-order valence-electron chi connectivity index (χ1n) is 11.1. The highest BCUT2D eigenvalue weighted by Crippen LogP contribution is 2.34. The number of esters is 1. The fraction of sp³-hybridized carbons (Fsp3) is 0.250. The number of non-ortho nitro benzene ring substituents is 1. The first-order valence-corrected chi connectivity index (χ1v) is 13.1. The van der Waals surface area contributed by atoms with Gasteiger partial charge in [-0.05, 0) is 42.0 Å². The minimum Gasteiger partial charge on any atom is -0.509 e. The molecule has 0 spiro atoms. The van der Waals surface area contributed by atoms with Crippen LogP contribution >= 0.6 is 27.7 Å². The number of benzene rings is 2. The number of rotatable bonds is 13. The molecule has 2 unspecified atom stereocenters. The van der Waals surface area contributed by atoms with Crippen LogP contribution in [-0.4, -0.2) is 68.8 Å². The van der Waals surface area contributed by atoms with Crippen molar-refractivity contribution in [1.82, 2.24) is 10.2 Å². The third-order valence-electron chi connectivity index (χ3n) is 5.34. The quantitative estimate of drug-likeness (QED) is 0.0490. The van der Waals surface area contributed by atoms with Gasteiger partial charge in [0, 0.05) is 12.1 Å². The Balaban J connectivity index is 1.66. The van der Waals surface area contributed by atoms with Gasteiger partial charge in [0.25, 0.3) is 17.5 Å². The maximum Gasteiger partial charge on any atom is 0.358 e. The number of halogens is 1. The molecular formula is C24H22BrN3O10S. The number of methoxy groups -OCH3 is 1. The molecule has 2 amide bonds. The van der Waals surface area contributed by atoms with Gasteiger partial charge in [0.1, 0.15) is 35.3 Å². The Kier molecular flexibility index (Phi) is 10.3. The number of aliphatic hydroxyl groups is 1. The van der Waals surface area contributed by atoms with Gasteiger partial charge in [-0.25, -0.2) is 4.79 Å². The van der Waals surface area contributed by atoms with Gasteiger partial charge in [0.2, 0.25) is 0 Å². The lowest BCUT2D eigenvalue weighted by atomic mass is 10.1. The van der Waals surface area contributed by atoms with Crippen LogP contribution in [0.15, 0.2) is 60.0 Å². The Labute approximate surface area is 234 Å². The number of alkyl halides is 1. The fourth-order valence-electron chi connectivity index (χ4n) is 3.42. The van der Waals surface area contributed by atoms with E-state index >= 15 is 0 Å². The van der Waals surface area contributed by atoms with Crippen LogP contribution in [0.4, 0.5) is 5.69 Å². The zero-order valence-electron chi connectivity index (χ0n) is 20.3. The summed E-state index contributed by atoms with van der Waals surface area (Å²) >= 11 is 3.63. The molecule has 1 aliphatic heterocycles. The minimum atomic E-state index is -1.19. The molecule has 0 aliphatic carbocycles. The summed E-state index contributed by atoms with van der Waals surface area (Å²) in [5.41, 5.74) is 0.188. The van der Waals surface area contributed by atoms with E-state index in [9.17, 15) is 34.4 Å². The number of hydrogen-bond acceptors (Lipinski definition) is 11. The smallest absolute Gasteiger partial charge is 0.358 e. The summed E-state index contributed by atoms with van der Waals surface area (Å²) in [6.07, 6.45) is 0. The van der Waals surface area contributed by atoms with Crippen molar-refractivity contribution in [2.24, 2.45) is 0 Å². The van der Waals surface area contributed by atoms with Crippen LogP contribution in [0.5, 0.6) is 11.5 Å². The maximum atomic E-state index is 13.0.